The molecule has 0 fully saturated rings. The number of aromatic nitrogens is 2. The normalized spacial score (nSPS) is 12.2. The molecular formula is C16H18ClF3N2O. The minimum Gasteiger partial charge on any atom is -0.481 e. The maximum absolute atomic E-state index is 12.5. The van der Waals surface area contributed by atoms with E-state index in [2.05, 4.69) is 9.97 Å². The van der Waals surface area contributed by atoms with Crippen LogP contribution in [0.2, 0.25) is 5.15 Å². The molecule has 1 atom stereocenters. The molecule has 0 radical (unpaired) electrons. The Hall–Kier alpha value is -1.82. The van der Waals surface area contributed by atoms with Gasteiger partial charge in [0.25, 0.3) is 0 Å². The molecule has 7 heteroatoms. The van der Waals surface area contributed by atoms with Crippen LogP contribution in [-0.4, -0.2) is 22.2 Å². The topological polar surface area (TPSA) is 35.0 Å². The highest BCUT2D eigenvalue weighted by molar-refractivity contribution is 6.29. The van der Waals surface area contributed by atoms with Gasteiger partial charge in [0.2, 0.25) is 0 Å². The van der Waals surface area contributed by atoms with Crippen LogP contribution in [0.4, 0.5) is 13.2 Å². The molecule has 0 N–H and O–H groups in total. The predicted octanol–water partition coefficient (Wildman–Crippen LogP) is 5.46. The van der Waals surface area contributed by atoms with Crippen LogP contribution >= 0.6 is 11.6 Å². The van der Waals surface area contributed by atoms with Crippen molar-refractivity contribution < 1.29 is 17.9 Å². The molecule has 1 aromatic heterocycles. The lowest BCUT2D eigenvalue weighted by Gasteiger charge is -2.18. The van der Waals surface area contributed by atoms with Crippen molar-refractivity contribution in [2.75, 3.05) is 0 Å². The van der Waals surface area contributed by atoms with Crippen molar-refractivity contribution in [3.63, 3.8) is 0 Å². The maximum Gasteiger partial charge on any atom is 0.425 e. The number of nitrogens with zero attached hydrogens (tertiary/aromatic N) is 2. The van der Waals surface area contributed by atoms with Gasteiger partial charge in [-0.2, -0.15) is 13.2 Å². The van der Waals surface area contributed by atoms with Gasteiger partial charge in [0.1, 0.15) is 10.9 Å². The first-order valence-electron chi connectivity index (χ1n) is 7.09. The third-order valence-electron chi connectivity index (χ3n) is 2.87. The summed E-state index contributed by atoms with van der Waals surface area (Å²) in [6.07, 6.45) is -3.34. The second-order valence-electron chi connectivity index (χ2n) is 4.50. The fourth-order valence-electron chi connectivity index (χ4n) is 1.72. The monoisotopic (exact) mass is 346 g/mol. The Bertz CT molecular complexity index is 630. The van der Waals surface area contributed by atoms with E-state index < -0.39 is 12.3 Å². The van der Waals surface area contributed by atoms with Gasteiger partial charge < -0.3 is 4.74 Å². The van der Waals surface area contributed by atoms with Crippen molar-refractivity contribution in [1.29, 1.82) is 0 Å². The Morgan fingerprint density at radius 1 is 1.13 bits per heavy atom. The Morgan fingerprint density at radius 2 is 1.78 bits per heavy atom. The minimum absolute atomic E-state index is 0.156. The first kappa shape index (κ1) is 19.2. The largest absolute Gasteiger partial charge is 0.481 e. The van der Waals surface area contributed by atoms with Crippen LogP contribution in [0.15, 0.2) is 30.6 Å². The number of hydrogen-bond donors (Lipinski definition) is 0. The van der Waals surface area contributed by atoms with Gasteiger partial charge in [0.15, 0.2) is 6.10 Å². The molecule has 1 heterocycles. The Labute approximate surface area is 138 Å². The van der Waals surface area contributed by atoms with Crippen LogP contribution in [0.1, 0.15) is 26.3 Å². The molecular weight excluding hydrogens is 329 g/mol. The smallest absolute Gasteiger partial charge is 0.425 e. The van der Waals surface area contributed by atoms with Gasteiger partial charge in [-0.1, -0.05) is 25.4 Å². The molecule has 2 aromatic rings. The number of hydrogen-bond acceptors (Lipinski definition) is 3. The first-order chi connectivity index (χ1) is 10.8. The summed E-state index contributed by atoms with van der Waals surface area (Å²) >= 11 is 5.66. The van der Waals surface area contributed by atoms with Crippen LogP contribution in [0.3, 0.4) is 0 Å². The van der Waals surface area contributed by atoms with Crippen molar-refractivity contribution in [2.45, 2.75) is 40.0 Å². The second-order valence-corrected chi connectivity index (χ2v) is 4.89. The van der Waals surface area contributed by atoms with E-state index in [1.54, 1.807) is 13.0 Å². The van der Waals surface area contributed by atoms with Crippen molar-refractivity contribution >= 4 is 11.6 Å². The number of rotatable bonds is 3. The van der Waals surface area contributed by atoms with Gasteiger partial charge in [0, 0.05) is 5.56 Å². The highest BCUT2D eigenvalue weighted by Crippen LogP contribution is 2.29. The standard InChI is InChI=1S/C14H12ClF3N2O.C2H6/c1-8-5-10(21-9(2)14(16,17)18)3-4-11(8)12-6-20-13(15)7-19-12;1-2/h3-7,9H,1-2H3;1-2H3. The van der Waals surface area contributed by atoms with E-state index >= 15 is 0 Å². The molecule has 0 aliphatic heterocycles. The van der Waals surface area contributed by atoms with E-state index in [1.807, 2.05) is 13.8 Å². The Morgan fingerprint density at radius 3 is 2.26 bits per heavy atom. The Balaban J connectivity index is 0.00000127. The molecule has 1 unspecified atom stereocenters. The van der Waals surface area contributed by atoms with E-state index in [0.29, 0.717) is 5.69 Å². The second kappa shape index (κ2) is 8.15. The average Bonchev–Trinajstić information content (AvgIpc) is 2.50. The van der Waals surface area contributed by atoms with E-state index in [0.717, 1.165) is 18.1 Å². The molecule has 0 amide bonds. The van der Waals surface area contributed by atoms with Gasteiger partial charge in [0.05, 0.1) is 18.1 Å². The van der Waals surface area contributed by atoms with Crippen LogP contribution in [0.25, 0.3) is 11.3 Å². The molecule has 2 rings (SSSR count). The number of halogens is 4. The summed E-state index contributed by atoms with van der Waals surface area (Å²) in [5.74, 6) is 0.156. The van der Waals surface area contributed by atoms with Crippen LogP contribution in [0.5, 0.6) is 5.75 Å². The van der Waals surface area contributed by atoms with E-state index in [4.69, 9.17) is 16.3 Å². The molecule has 0 spiro atoms. The summed E-state index contributed by atoms with van der Waals surface area (Å²) in [6, 6.07) is 4.65. The van der Waals surface area contributed by atoms with Crippen molar-refractivity contribution in [1.82, 2.24) is 9.97 Å². The first-order valence-corrected chi connectivity index (χ1v) is 7.47. The fraction of sp³-hybridized carbons (Fsp3) is 0.375. The number of alkyl halides is 3. The van der Waals surface area contributed by atoms with E-state index in [1.165, 1.54) is 24.5 Å². The maximum atomic E-state index is 12.5. The molecule has 3 nitrogen and oxygen atoms in total. The summed E-state index contributed by atoms with van der Waals surface area (Å²) in [7, 11) is 0. The lowest BCUT2D eigenvalue weighted by Crippen LogP contribution is -2.31. The van der Waals surface area contributed by atoms with Gasteiger partial charge in [-0.05, 0) is 37.6 Å². The molecule has 1 aromatic carbocycles. The summed E-state index contributed by atoms with van der Waals surface area (Å²) in [4.78, 5) is 8.05. The zero-order valence-electron chi connectivity index (χ0n) is 13.3. The molecule has 0 aliphatic rings. The van der Waals surface area contributed by atoms with Gasteiger partial charge >= 0.3 is 6.18 Å². The summed E-state index contributed by atoms with van der Waals surface area (Å²) in [5, 5.41) is 0.273. The number of benzene rings is 1. The van der Waals surface area contributed by atoms with Crippen LogP contribution in [-0.2, 0) is 0 Å². The fourth-order valence-corrected chi connectivity index (χ4v) is 1.82. The summed E-state index contributed by atoms with van der Waals surface area (Å²) in [6.45, 7) is 6.73. The number of ether oxygens (including phenoxy) is 1. The van der Waals surface area contributed by atoms with Crippen LogP contribution in [0, 0.1) is 6.92 Å². The molecule has 0 saturated carbocycles. The highest BCUT2D eigenvalue weighted by atomic mass is 35.5. The highest BCUT2D eigenvalue weighted by Gasteiger charge is 2.38. The van der Waals surface area contributed by atoms with Gasteiger partial charge in [-0.15, -0.1) is 0 Å². The molecule has 126 valence electrons. The van der Waals surface area contributed by atoms with Crippen molar-refractivity contribution in [2.24, 2.45) is 0 Å². The van der Waals surface area contributed by atoms with Crippen molar-refractivity contribution in [3.05, 3.63) is 41.3 Å². The zero-order chi connectivity index (χ0) is 17.6. The van der Waals surface area contributed by atoms with Gasteiger partial charge in [-0.3, -0.25) is 4.98 Å². The average molecular weight is 347 g/mol. The van der Waals surface area contributed by atoms with E-state index in [9.17, 15) is 13.2 Å². The Kier molecular flexibility index (Phi) is 6.81. The lowest BCUT2D eigenvalue weighted by atomic mass is 10.1. The molecule has 0 aliphatic carbocycles. The molecule has 0 bridgehead atoms. The molecule has 0 saturated heterocycles. The SMILES string of the molecule is CC.Cc1cc(OC(C)C(F)(F)F)ccc1-c1cnc(Cl)cn1. The van der Waals surface area contributed by atoms with E-state index in [-0.39, 0.29) is 10.9 Å². The lowest BCUT2D eigenvalue weighted by molar-refractivity contribution is -0.189. The predicted molar refractivity (Wildman–Crippen MR) is 84.7 cm³/mol. The number of aryl methyl sites for hydroxylation is 1. The van der Waals surface area contributed by atoms with Crippen molar-refractivity contribution in [3.8, 4) is 17.0 Å². The summed E-state index contributed by atoms with van der Waals surface area (Å²) in [5.41, 5.74) is 2.08. The van der Waals surface area contributed by atoms with Crippen LogP contribution < -0.4 is 4.74 Å². The molecule has 23 heavy (non-hydrogen) atoms. The summed E-state index contributed by atoms with van der Waals surface area (Å²) < 4.78 is 42.3. The third-order valence-corrected chi connectivity index (χ3v) is 3.06. The minimum atomic E-state index is -4.39. The zero-order valence-corrected chi connectivity index (χ0v) is 14.0. The van der Waals surface area contributed by atoms with Gasteiger partial charge in [-0.25, -0.2) is 4.98 Å². The quantitative estimate of drug-likeness (QED) is 0.740. The third kappa shape index (κ3) is 5.39.